The smallest absolute Gasteiger partial charge is 0.155 e. The van der Waals surface area contributed by atoms with Crippen molar-refractivity contribution >= 4 is 9.84 Å². The first-order valence-electron chi connectivity index (χ1n) is 7.38. The molecule has 1 aliphatic rings. The summed E-state index contributed by atoms with van der Waals surface area (Å²) >= 11 is 0. The first-order valence-corrected chi connectivity index (χ1v) is 9.10. The Bertz CT molecular complexity index is 531. The third-order valence-electron chi connectivity index (χ3n) is 4.15. The molecule has 112 valence electrons. The number of hydrogen-bond acceptors (Lipinski definition) is 3. The van der Waals surface area contributed by atoms with Crippen molar-refractivity contribution < 1.29 is 13.5 Å². The molecule has 1 aromatic rings. The average molecular weight is 296 g/mol. The fraction of sp³-hybridized carbons (Fsp3) is 0.625. The van der Waals surface area contributed by atoms with Crippen molar-refractivity contribution in [2.75, 3.05) is 5.75 Å². The summed E-state index contributed by atoms with van der Waals surface area (Å²) in [6, 6.07) is 8.10. The Balaban J connectivity index is 2.05. The van der Waals surface area contributed by atoms with E-state index in [-0.39, 0.29) is 5.75 Å². The number of benzene rings is 1. The van der Waals surface area contributed by atoms with Gasteiger partial charge in [-0.2, -0.15) is 0 Å². The van der Waals surface area contributed by atoms with E-state index >= 15 is 0 Å². The van der Waals surface area contributed by atoms with Gasteiger partial charge in [0.1, 0.15) is 0 Å². The molecule has 2 rings (SSSR count). The fourth-order valence-electron chi connectivity index (χ4n) is 2.82. The van der Waals surface area contributed by atoms with Crippen molar-refractivity contribution in [2.45, 2.75) is 56.8 Å². The molecule has 0 radical (unpaired) electrons. The van der Waals surface area contributed by atoms with Crippen LogP contribution in [0.1, 0.15) is 50.2 Å². The van der Waals surface area contributed by atoms with Crippen LogP contribution in [-0.4, -0.2) is 30.6 Å². The van der Waals surface area contributed by atoms with Gasteiger partial charge in [-0.15, -0.1) is 0 Å². The normalized spacial score (nSPS) is 23.7. The van der Waals surface area contributed by atoms with E-state index in [4.69, 9.17) is 0 Å². The van der Waals surface area contributed by atoms with Crippen LogP contribution in [0, 0.1) is 0 Å². The van der Waals surface area contributed by atoms with Crippen LogP contribution in [0.3, 0.4) is 0 Å². The summed E-state index contributed by atoms with van der Waals surface area (Å²) in [6.07, 6.45) is 1.85. The molecule has 1 fully saturated rings. The highest BCUT2D eigenvalue weighted by atomic mass is 32.2. The van der Waals surface area contributed by atoms with E-state index in [1.165, 1.54) is 5.56 Å². The molecular weight excluding hydrogens is 272 g/mol. The van der Waals surface area contributed by atoms with Crippen LogP contribution >= 0.6 is 0 Å². The van der Waals surface area contributed by atoms with Crippen molar-refractivity contribution in [1.82, 2.24) is 0 Å². The van der Waals surface area contributed by atoms with Gasteiger partial charge in [-0.3, -0.25) is 0 Å². The summed E-state index contributed by atoms with van der Waals surface area (Å²) in [5.74, 6) is 0.703. The summed E-state index contributed by atoms with van der Waals surface area (Å²) < 4.78 is 24.0. The van der Waals surface area contributed by atoms with Gasteiger partial charge >= 0.3 is 0 Å². The summed E-state index contributed by atoms with van der Waals surface area (Å²) in [7, 11) is -3.11. The lowest BCUT2D eigenvalue weighted by atomic mass is 9.98. The van der Waals surface area contributed by atoms with Gasteiger partial charge in [0, 0.05) is 0 Å². The van der Waals surface area contributed by atoms with Crippen molar-refractivity contribution in [1.29, 1.82) is 0 Å². The Labute approximate surface area is 121 Å². The van der Waals surface area contributed by atoms with Crippen molar-refractivity contribution in [3.05, 3.63) is 35.4 Å². The molecule has 0 amide bonds. The molecule has 3 nitrogen and oxygen atoms in total. The summed E-state index contributed by atoms with van der Waals surface area (Å²) in [5.41, 5.74) is 2.26. The first-order chi connectivity index (χ1) is 9.40. The van der Waals surface area contributed by atoms with Crippen LogP contribution in [0.2, 0.25) is 0 Å². The largest absolute Gasteiger partial charge is 0.391 e. The van der Waals surface area contributed by atoms with Gasteiger partial charge in [0.25, 0.3) is 0 Å². The minimum Gasteiger partial charge on any atom is -0.391 e. The topological polar surface area (TPSA) is 54.4 Å². The number of rotatable bonds is 4. The number of hydrogen-bond donors (Lipinski definition) is 1. The quantitative estimate of drug-likeness (QED) is 0.929. The van der Waals surface area contributed by atoms with Crippen molar-refractivity contribution in [3.63, 3.8) is 0 Å². The monoisotopic (exact) mass is 296 g/mol. The zero-order valence-corrected chi connectivity index (χ0v) is 13.1. The predicted octanol–water partition coefficient (Wildman–Crippen LogP) is 2.68. The van der Waals surface area contributed by atoms with Gasteiger partial charge in [-0.1, -0.05) is 44.5 Å². The SMILES string of the molecule is CC(C)c1ccc(CC(O)C2CCCCS2(=O)=O)cc1. The highest BCUT2D eigenvalue weighted by molar-refractivity contribution is 7.92. The van der Waals surface area contributed by atoms with Crippen LogP contribution in [0.5, 0.6) is 0 Å². The highest BCUT2D eigenvalue weighted by Crippen LogP contribution is 2.24. The second-order valence-electron chi connectivity index (χ2n) is 6.07. The third-order valence-corrected chi connectivity index (χ3v) is 6.48. The van der Waals surface area contributed by atoms with Crippen LogP contribution in [-0.2, 0) is 16.3 Å². The van der Waals surface area contributed by atoms with Crippen molar-refractivity contribution in [3.8, 4) is 0 Å². The lowest BCUT2D eigenvalue weighted by molar-refractivity contribution is 0.162. The van der Waals surface area contributed by atoms with E-state index in [1.807, 2.05) is 12.1 Å². The Kier molecular flexibility index (Phi) is 4.86. The number of aliphatic hydroxyl groups excluding tert-OH is 1. The lowest BCUT2D eigenvalue weighted by Crippen LogP contribution is -2.39. The maximum atomic E-state index is 12.0. The molecule has 1 aliphatic heterocycles. The van der Waals surface area contributed by atoms with E-state index in [2.05, 4.69) is 26.0 Å². The molecule has 1 aromatic carbocycles. The summed E-state index contributed by atoms with van der Waals surface area (Å²) in [5, 5.41) is 9.68. The fourth-order valence-corrected chi connectivity index (χ4v) is 4.83. The molecule has 1 saturated heterocycles. The molecule has 0 saturated carbocycles. The third kappa shape index (κ3) is 3.61. The van der Waals surface area contributed by atoms with Crippen molar-refractivity contribution in [2.24, 2.45) is 0 Å². The van der Waals surface area contributed by atoms with Crippen LogP contribution in [0.25, 0.3) is 0 Å². The summed E-state index contributed by atoms with van der Waals surface area (Å²) in [4.78, 5) is 0. The highest BCUT2D eigenvalue weighted by Gasteiger charge is 2.34. The minimum atomic E-state index is -3.11. The standard InChI is InChI=1S/C16H24O3S/c1-12(2)14-8-6-13(7-9-14)11-15(17)16-5-3-4-10-20(16,18)19/h6-9,12,15-17H,3-5,10-11H2,1-2H3. The van der Waals surface area contributed by atoms with Gasteiger partial charge in [0.2, 0.25) is 0 Å². The van der Waals surface area contributed by atoms with Crippen LogP contribution in [0.4, 0.5) is 0 Å². The minimum absolute atomic E-state index is 0.223. The molecule has 0 spiro atoms. The molecule has 1 heterocycles. The number of sulfone groups is 1. The molecule has 2 unspecified atom stereocenters. The number of aliphatic hydroxyl groups is 1. The molecular formula is C16H24O3S. The van der Waals surface area contributed by atoms with E-state index < -0.39 is 21.2 Å². The van der Waals surface area contributed by atoms with Gasteiger partial charge in [-0.25, -0.2) is 8.42 Å². The second kappa shape index (κ2) is 6.27. The zero-order valence-electron chi connectivity index (χ0n) is 12.2. The Morgan fingerprint density at radius 2 is 1.85 bits per heavy atom. The van der Waals surface area contributed by atoms with Gasteiger partial charge in [0.05, 0.1) is 17.1 Å². The molecule has 2 atom stereocenters. The maximum absolute atomic E-state index is 12.0. The molecule has 0 bridgehead atoms. The molecule has 4 heteroatoms. The Morgan fingerprint density at radius 1 is 1.20 bits per heavy atom. The van der Waals surface area contributed by atoms with Gasteiger partial charge in [0.15, 0.2) is 9.84 Å². The average Bonchev–Trinajstić information content (AvgIpc) is 2.38. The van der Waals surface area contributed by atoms with E-state index in [0.717, 1.165) is 18.4 Å². The van der Waals surface area contributed by atoms with Gasteiger partial charge < -0.3 is 5.11 Å². The Morgan fingerprint density at radius 3 is 2.40 bits per heavy atom. The molecule has 0 aromatic heterocycles. The van der Waals surface area contributed by atoms with E-state index in [9.17, 15) is 13.5 Å². The van der Waals surface area contributed by atoms with Crippen LogP contribution in [0.15, 0.2) is 24.3 Å². The predicted molar refractivity (Wildman–Crippen MR) is 81.7 cm³/mol. The lowest BCUT2D eigenvalue weighted by Gasteiger charge is -2.26. The van der Waals surface area contributed by atoms with Gasteiger partial charge in [-0.05, 0) is 36.3 Å². The zero-order chi connectivity index (χ0) is 14.8. The Hall–Kier alpha value is -0.870. The van der Waals surface area contributed by atoms with Crippen LogP contribution < -0.4 is 0 Å². The maximum Gasteiger partial charge on any atom is 0.155 e. The molecule has 0 aliphatic carbocycles. The van der Waals surface area contributed by atoms with E-state index in [1.54, 1.807) is 0 Å². The van der Waals surface area contributed by atoms with E-state index in [0.29, 0.717) is 18.8 Å². The molecule has 1 N–H and O–H groups in total. The first kappa shape index (κ1) is 15.5. The second-order valence-corrected chi connectivity index (χ2v) is 8.41. The summed E-state index contributed by atoms with van der Waals surface area (Å²) in [6.45, 7) is 4.27. The molecule has 20 heavy (non-hydrogen) atoms.